The van der Waals surface area contributed by atoms with Crippen LogP contribution in [-0.2, 0) is 0 Å². The molecule has 1 saturated carbocycles. The molecule has 0 saturated heterocycles. The van der Waals surface area contributed by atoms with E-state index in [9.17, 15) is 0 Å². The highest BCUT2D eigenvalue weighted by atomic mass is 19.1. The van der Waals surface area contributed by atoms with Crippen LogP contribution in [0.15, 0.2) is 67.3 Å². The molecular formula is C27H25F. The first kappa shape index (κ1) is 18.5. The molecule has 0 bridgehead atoms. The van der Waals surface area contributed by atoms with Gasteiger partial charge in [0.15, 0.2) is 0 Å². The maximum Gasteiger partial charge on any atom is 0.134 e. The van der Waals surface area contributed by atoms with Gasteiger partial charge in [0, 0.05) is 16.5 Å². The minimum absolute atomic E-state index is 0.0578. The quantitative estimate of drug-likeness (QED) is 0.333. The van der Waals surface area contributed by atoms with Crippen LogP contribution >= 0.6 is 0 Å². The van der Waals surface area contributed by atoms with Crippen LogP contribution in [0.25, 0.3) is 10.8 Å². The molecule has 1 aliphatic rings. The molecule has 0 amide bonds. The molecule has 0 N–H and O–H groups in total. The Morgan fingerprint density at radius 2 is 1.57 bits per heavy atom. The molecule has 0 radical (unpaired) electrons. The first-order valence-corrected chi connectivity index (χ1v) is 10.1. The Morgan fingerprint density at radius 1 is 0.893 bits per heavy atom. The van der Waals surface area contributed by atoms with E-state index in [1.54, 1.807) is 0 Å². The summed E-state index contributed by atoms with van der Waals surface area (Å²) >= 11 is 0. The Hall–Kier alpha value is -2.85. The summed E-state index contributed by atoms with van der Waals surface area (Å²) in [6, 6.07) is 18.0. The van der Waals surface area contributed by atoms with Crippen molar-refractivity contribution in [3.63, 3.8) is 0 Å². The van der Waals surface area contributed by atoms with E-state index in [1.165, 1.54) is 5.56 Å². The number of halogens is 1. The molecule has 0 aromatic heterocycles. The number of allylic oxidation sites excluding steroid dienone is 1. The first-order chi connectivity index (χ1) is 13.6. The van der Waals surface area contributed by atoms with Crippen LogP contribution in [0.1, 0.15) is 53.9 Å². The molecule has 0 spiro atoms. The standard InChI is InChI=1S/C27H25F/c1-3-20-10-13-23(14-11-20)25-17-15-24-18-22(12-16-26(24)27(25)28)9-8-21-6-4-19(2)5-7-21/h3-7,12,15-18,20,23H,1,10-11,13-14H2,2H3. The lowest BCUT2D eigenvalue weighted by atomic mass is 9.78. The lowest BCUT2D eigenvalue weighted by molar-refractivity contribution is 0.369. The SMILES string of the molecule is C=CC1CCC(c2ccc3cc(C#Cc4ccc(C)cc4)ccc3c2F)CC1. The number of fused-ring (bicyclic) bond motifs is 1. The Bertz CT molecular complexity index is 1060. The highest BCUT2D eigenvalue weighted by Gasteiger charge is 2.23. The first-order valence-electron chi connectivity index (χ1n) is 10.1. The summed E-state index contributed by atoms with van der Waals surface area (Å²) in [5.74, 6) is 7.24. The second-order valence-corrected chi connectivity index (χ2v) is 7.87. The second-order valence-electron chi connectivity index (χ2n) is 7.87. The maximum atomic E-state index is 15.2. The number of benzene rings is 3. The average molecular weight is 368 g/mol. The van der Waals surface area contributed by atoms with Crippen molar-refractivity contribution in [1.29, 1.82) is 0 Å². The van der Waals surface area contributed by atoms with E-state index < -0.39 is 0 Å². The molecule has 1 fully saturated rings. The van der Waals surface area contributed by atoms with Crippen LogP contribution in [0.2, 0.25) is 0 Å². The zero-order valence-corrected chi connectivity index (χ0v) is 16.3. The molecule has 28 heavy (non-hydrogen) atoms. The van der Waals surface area contributed by atoms with Crippen molar-refractivity contribution in [1.82, 2.24) is 0 Å². The molecule has 0 nitrogen and oxygen atoms in total. The van der Waals surface area contributed by atoms with Gasteiger partial charge in [-0.15, -0.1) is 6.58 Å². The molecule has 0 atom stereocenters. The van der Waals surface area contributed by atoms with Crippen molar-refractivity contribution >= 4 is 10.8 Å². The molecule has 4 rings (SSSR count). The van der Waals surface area contributed by atoms with Crippen molar-refractivity contribution in [2.75, 3.05) is 0 Å². The van der Waals surface area contributed by atoms with E-state index in [2.05, 4.69) is 37.5 Å². The Kier molecular flexibility index (Phi) is 5.31. The number of rotatable bonds is 2. The highest BCUT2D eigenvalue weighted by molar-refractivity contribution is 5.85. The van der Waals surface area contributed by atoms with Gasteiger partial charge in [0.05, 0.1) is 0 Å². The number of aryl methyl sites for hydroxylation is 1. The summed E-state index contributed by atoms with van der Waals surface area (Å²) < 4.78 is 15.2. The Balaban J connectivity index is 1.60. The Morgan fingerprint density at radius 3 is 2.29 bits per heavy atom. The van der Waals surface area contributed by atoms with E-state index in [4.69, 9.17) is 0 Å². The summed E-state index contributed by atoms with van der Waals surface area (Å²) in [6.45, 7) is 5.97. The van der Waals surface area contributed by atoms with Gasteiger partial charge < -0.3 is 0 Å². The smallest absolute Gasteiger partial charge is 0.134 e. The van der Waals surface area contributed by atoms with Crippen LogP contribution in [0.3, 0.4) is 0 Å². The van der Waals surface area contributed by atoms with Gasteiger partial charge in [-0.05, 0) is 79.7 Å². The van der Waals surface area contributed by atoms with E-state index in [0.29, 0.717) is 17.2 Å². The van der Waals surface area contributed by atoms with Gasteiger partial charge in [-0.3, -0.25) is 0 Å². The Labute approximate surface area is 167 Å². The molecule has 0 unspecified atom stereocenters. The predicted octanol–water partition coefficient (Wildman–Crippen LogP) is 7.15. The normalized spacial score (nSPS) is 19.1. The summed E-state index contributed by atoms with van der Waals surface area (Å²) in [5, 5.41) is 1.61. The average Bonchev–Trinajstić information content (AvgIpc) is 2.74. The zero-order valence-electron chi connectivity index (χ0n) is 16.3. The third kappa shape index (κ3) is 3.87. The fourth-order valence-corrected chi connectivity index (χ4v) is 4.15. The van der Waals surface area contributed by atoms with Crippen molar-refractivity contribution in [2.45, 2.75) is 38.5 Å². The van der Waals surface area contributed by atoms with Gasteiger partial charge in [0.2, 0.25) is 0 Å². The van der Waals surface area contributed by atoms with Crippen molar-refractivity contribution in [3.8, 4) is 11.8 Å². The molecule has 1 heteroatoms. The van der Waals surface area contributed by atoms with Gasteiger partial charge >= 0.3 is 0 Å². The molecular weight excluding hydrogens is 343 g/mol. The highest BCUT2D eigenvalue weighted by Crippen LogP contribution is 2.38. The molecule has 1 aliphatic carbocycles. The van der Waals surface area contributed by atoms with E-state index in [0.717, 1.165) is 47.8 Å². The summed E-state index contributed by atoms with van der Waals surface area (Å²) in [6.07, 6.45) is 6.35. The van der Waals surface area contributed by atoms with Crippen LogP contribution in [0, 0.1) is 30.5 Å². The summed E-state index contributed by atoms with van der Waals surface area (Å²) in [7, 11) is 0. The maximum absolute atomic E-state index is 15.2. The lowest BCUT2D eigenvalue weighted by Crippen LogP contribution is -2.12. The van der Waals surface area contributed by atoms with Gasteiger partial charge in [-0.1, -0.05) is 53.8 Å². The largest absolute Gasteiger partial charge is 0.206 e. The topological polar surface area (TPSA) is 0 Å². The van der Waals surface area contributed by atoms with Crippen LogP contribution in [0.5, 0.6) is 0 Å². The van der Waals surface area contributed by atoms with Crippen LogP contribution in [-0.4, -0.2) is 0 Å². The number of hydrogen-bond donors (Lipinski definition) is 0. The monoisotopic (exact) mass is 368 g/mol. The van der Waals surface area contributed by atoms with Gasteiger partial charge in [-0.2, -0.15) is 0 Å². The predicted molar refractivity (Wildman–Crippen MR) is 116 cm³/mol. The molecule has 0 aliphatic heterocycles. The third-order valence-corrected chi connectivity index (χ3v) is 5.93. The van der Waals surface area contributed by atoms with Gasteiger partial charge in [0.25, 0.3) is 0 Å². The van der Waals surface area contributed by atoms with Crippen molar-refractivity contribution < 1.29 is 4.39 Å². The number of hydrogen-bond acceptors (Lipinski definition) is 0. The van der Waals surface area contributed by atoms with E-state index in [-0.39, 0.29) is 5.82 Å². The molecule has 3 aromatic carbocycles. The summed E-state index contributed by atoms with van der Waals surface area (Å²) in [4.78, 5) is 0. The minimum atomic E-state index is -0.0578. The minimum Gasteiger partial charge on any atom is -0.206 e. The summed E-state index contributed by atoms with van der Waals surface area (Å²) in [5.41, 5.74) is 3.99. The van der Waals surface area contributed by atoms with Crippen molar-refractivity contribution in [2.24, 2.45) is 5.92 Å². The molecule has 3 aromatic rings. The fraction of sp³-hybridized carbons (Fsp3) is 0.259. The molecule has 140 valence electrons. The van der Waals surface area contributed by atoms with E-state index >= 15 is 4.39 Å². The van der Waals surface area contributed by atoms with Crippen LogP contribution < -0.4 is 0 Å². The zero-order chi connectivity index (χ0) is 19.5. The molecule has 0 heterocycles. The lowest BCUT2D eigenvalue weighted by Gasteiger charge is -2.27. The second kappa shape index (κ2) is 8.03. The third-order valence-electron chi connectivity index (χ3n) is 5.93. The van der Waals surface area contributed by atoms with E-state index in [1.807, 2.05) is 48.5 Å². The van der Waals surface area contributed by atoms with Gasteiger partial charge in [-0.25, -0.2) is 4.39 Å². The fourth-order valence-electron chi connectivity index (χ4n) is 4.15. The van der Waals surface area contributed by atoms with Gasteiger partial charge in [0.1, 0.15) is 5.82 Å². The van der Waals surface area contributed by atoms with Crippen molar-refractivity contribution in [3.05, 3.63) is 95.3 Å². The van der Waals surface area contributed by atoms with Crippen LogP contribution in [0.4, 0.5) is 4.39 Å².